The van der Waals surface area contributed by atoms with Crippen molar-refractivity contribution < 1.29 is 13.9 Å². The Morgan fingerprint density at radius 1 is 1.13 bits per heavy atom. The molecule has 2 aromatic heterocycles. The van der Waals surface area contributed by atoms with Gasteiger partial charge in [0.1, 0.15) is 11.6 Å². The molecular weight excluding hydrogens is 378 g/mol. The molecule has 0 aliphatic heterocycles. The van der Waals surface area contributed by atoms with E-state index in [1.165, 1.54) is 6.26 Å². The van der Waals surface area contributed by atoms with E-state index >= 15 is 0 Å². The highest BCUT2D eigenvalue weighted by atomic mass is 16.5. The molecule has 154 valence electrons. The summed E-state index contributed by atoms with van der Waals surface area (Å²) >= 11 is 0. The quantitative estimate of drug-likeness (QED) is 0.425. The Labute approximate surface area is 175 Å². The molecular formula is C24H25N3O3. The van der Waals surface area contributed by atoms with Gasteiger partial charge >= 0.3 is 0 Å². The van der Waals surface area contributed by atoms with Crippen molar-refractivity contribution in [2.75, 3.05) is 6.61 Å². The summed E-state index contributed by atoms with van der Waals surface area (Å²) < 4.78 is 13.3. The van der Waals surface area contributed by atoms with Crippen LogP contribution in [0.5, 0.6) is 5.75 Å². The maximum absolute atomic E-state index is 12.4. The Kier molecular flexibility index (Phi) is 5.84. The van der Waals surface area contributed by atoms with E-state index in [0.717, 1.165) is 41.1 Å². The van der Waals surface area contributed by atoms with Crippen LogP contribution in [-0.2, 0) is 6.54 Å². The topological polar surface area (TPSA) is 69.3 Å². The highest BCUT2D eigenvalue weighted by molar-refractivity contribution is 5.91. The standard InChI is InChI=1S/C24H25N3O3/c1-17-9-3-6-12-21(17)29-16-8-14-27-20-11-5-4-10-19(20)26-23(27)18(2)25-24(28)22-13-7-15-30-22/h3-7,9-13,15,18H,8,14,16H2,1-2H3,(H,25,28)/t18-/m1/s1. The predicted molar refractivity (Wildman–Crippen MR) is 116 cm³/mol. The van der Waals surface area contributed by atoms with Gasteiger partial charge in [-0.1, -0.05) is 30.3 Å². The lowest BCUT2D eigenvalue weighted by Gasteiger charge is -2.16. The Balaban J connectivity index is 1.48. The molecule has 0 radical (unpaired) electrons. The third kappa shape index (κ3) is 4.22. The van der Waals surface area contributed by atoms with Crippen molar-refractivity contribution in [3.63, 3.8) is 0 Å². The van der Waals surface area contributed by atoms with Crippen LogP contribution in [0.1, 0.15) is 41.3 Å². The summed E-state index contributed by atoms with van der Waals surface area (Å²) in [7, 11) is 0. The van der Waals surface area contributed by atoms with Crippen molar-refractivity contribution in [1.82, 2.24) is 14.9 Å². The van der Waals surface area contributed by atoms with Crippen LogP contribution in [0.3, 0.4) is 0 Å². The van der Waals surface area contributed by atoms with Gasteiger partial charge in [-0.05, 0) is 56.2 Å². The molecule has 4 aromatic rings. The molecule has 1 amide bonds. The second-order valence-corrected chi connectivity index (χ2v) is 7.25. The zero-order valence-corrected chi connectivity index (χ0v) is 17.2. The van der Waals surface area contributed by atoms with Gasteiger partial charge in [-0.3, -0.25) is 4.79 Å². The summed E-state index contributed by atoms with van der Waals surface area (Å²) in [6, 6.07) is 19.1. The van der Waals surface area contributed by atoms with Crippen molar-refractivity contribution in [2.45, 2.75) is 32.9 Å². The van der Waals surface area contributed by atoms with Gasteiger partial charge in [0.15, 0.2) is 5.76 Å². The lowest BCUT2D eigenvalue weighted by molar-refractivity contribution is 0.0909. The van der Waals surface area contributed by atoms with Gasteiger partial charge in [-0.15, -0.1) is 0 Å². The lowest BCUT2D eigenvalue weighted by Crippen LogP contribution is -2.28. The summed E-state index contributed by atoms with van der Waals surface area (Å²) in [5.74, 6) is 1.75. The number of aryl methyl sites for hydroxylation is 2. The third-order valence-electron chi connectivity index (χ3n) is 5.04. The highest BCUT2D eigenvalue weighted by Gasteiger charge is 2.20. The van der Waals surface area contributed by atoms with Crippen LogP contribution in [0.2, 0.25) is 0 Å². The minimum absolute atomic E-state index is 0.256. The number of para-hydroxylation sites is 3. The number of amides is 1. The molecule has 0 saturated carbocycles. The van der Waals surface area contributed by atoms with Gasteiger partial charge in [0.25, 0.3) is 5.91 Å². The Bertz CT molecular complexity index is 1130. The molecule has 1 atom stereocenters. The second-order valence-electron chi connectivity index (χ2n) is 7.25. The summed E-state index contributed by atoms with van der Waals surface area (Å²) in [5.41, 5.74) is 3.08. The largest absolute Gasteiger partial charge is 0.493 e. The third-order valence-corrected chi connectivity index (χ3v) is 5.04. The minimum Gasteiger partial charge on any atom is -0.493 e. The van der Waals surface area contributed by atoms with E-state index in [4.69, 9.17) is 14.1 Å². The number of rotatable bonds is 8. The molecule has 2 aromatic carbocycles. The monoisotopic (exact) mass is 403 g/mol. The number of benzene rings is 2. The maximum Gasteiger partial charge on any atom is 0.287 e. The molecule has 30 heavy (non-hydrogen) atoms. The fraction of sp³-hybridized carbons (Fsp3) is 0.250. The van der Waals surface area contributed by atoms with Gasteiger partial charge in [0.2, 0.25) is 0 Å². The average Bonchev–Trinajstić information content (AvgIpc) is 3.41. The first-order valence-corrected chi connectivity index (χ1v) is 10.1. The van der Waals surface area contributed by atoms with E-state index in [-0.39, 0.29) is 17.7 Å². The zero-order valence-electron chi connectivity index (χ0n) is 17.2. The SMILES string of the molecule is Cc1ccccc1OCCCn1c([C@@H](C)NC(=O)c2ccco2)nc2ccccc21. The number of carbonyl (C=O) groups is 1. The summed E-state index contributed by atoms with van der Waals surface area (Å²) in [5, 5.41) is 2.98. The molecule has 0 saturated heterocycles. The first-order valence-electron chi connectivity index (χ1n) is 10.1. The first kappa shape index (κ1) is 19.8. The van der Waals surface area contributed by atoms with Gasteiger partial charge in [0, 0.05) is 6.54 Å². The van der Waals surface area contributed by atoms with Crippen molar-refractivity contribution in [2.24, 2.45) is 0 Å². The molecule has 0 aliphatic carbocycles. The Morgan fingerprint density at radius 2 is 1.93 bits per heavy atom. The number of carbonyl (C=O) groups excluding carboxylic acids is 1. The number of nitrogens with zero attached hydrogens (tertiary/aromatic N) is 2. The van der Waals surface area contributed by atoms with E-state index in [1.807, 2.05) is 56.3 Å². The number of fused-ring (bicyclic) bond motifs is 1. The van der Waals surface area contributed by atoms with Crippen LogP contribution >= 0.6 is 0 Å². The van der Waals surface area contributed by atoms with Gasteiger partial charge < -0.3 is 19.0 Å². The molecule has 4 rings (SSSR count). The highest BCUT2D eigenvalue weighted by Crippen LogP contribution is 2.22. The van der Waals surface area contributed by atoms with Crippen molar-refractivity contribution >= 4 is 16.9 Å². The van der Waals surface area contributed by atoms with Gasteiger partial charge in [-0.2, -0.15) is 0 Å². The lowest BCUT2D eigenvalue weighted by atomic mass is 10.2. The fourth-order valence-corrected chi connectivity index (χ4v) is 3.52. The number of nitrogens with one attached hydrogen (secondary N) is 1. The molecule has 0 unspecified atom stereocenters. The second kappa shape index (κ2) is 8.86. The average molecular weight is 403 g/mol. The first-order chi connectivity index (χ1) is 14.6. The van der Waals surface area contributed by atoms with Gasteiger partial charge in [-0.25, -0.2) is 4.98 Å². The Hall–Kier alpha value is -3.54. The van der Waals surface area contributed by atoms with Crippen LogP contribution in [0.4, 0.5) is 0 Å². The Morgan fingerprint density at radius 3 is 2.73 bits per heavy atom. The normalized spacial score (nSPS) is 12.1. The van der Waals surface area contributed by atoms with E-state index in [1.54, 1.807) is 12.1 Å². The number of aromatic nitrogens is 2. The molecule has 2 heterocycles. The zero-order chi connectivity index (χ0) is 20.9. The van der Waals surface area contributed by atoms with Crippen LogP contribution in [0.25, 0.3) is 11.0 Å². The molecule has 0 spiro atoms. The van der Waals surface area contributed by atoms with Crippen LogP contribution in [0, 0.1) is 6.92 Å². The maximum atomic E-state index is 12.4. The molecule has 0 aliphatic rings. The molecule has 0 fully saturated rings. The molecule has 6 nitrogen and oxygen atoms in total. The number of hydrogen-bond acceptors (Lipinski definition) is 4. The number of imidazole rings is 1. The minimum atomic E-state index is -0.271. The molecule has 1 N–H and O–H groups in total. The van der Waals surface area contributed by atoms with E-state index < -0.39 is 0 Å². The van der Waals surface area contributed by atoms with E-state index in [0.29, 0.717) is 6.61 Å². The number of furan rings is 1. The van der Waals surface area contributed by atoms with Crippen LogP contribution in [-0.4, -0.2) is 22.1 Å². The van der Waals surface area contributed by atoms with Crippen molar-refractivity contribution in [3.05, 3.63) is 84.1 Å². The predicted octanol–water partition coefficient (Wildman–Crippen LogP) is 4.90. The summed E-state index contributed by atoms with van der Waals surface area (Å²) in [4.78, 5) is 17.2. The number of hydrogen-bond donors (Lipinski definition) is 1. The van der Waals surface area contributed by atoms with Crippen LogP contribution < -0.4 is 10.1 Å². The summed E-state index contributed by atoms with van der Waals surface area (Å²) in [6.07, 6.45) is 2.31. The van der Waals surface area contributed by atoms with E-state index in [2.05, 4.69) is 16.0 Å². The number of ether oxygens (including phenoxy) is 1. The summed E-state index contributed by atoms with van der Waals surface area (Å²) in [6.45, 7) is 5.31. The van der Waals surface area contributed by atoms with Crippen molar-refractivity contribution in [3.8, 4) is 5.75 Å². The van der Waals surface area contributed by atoms with Crippen LogP contribution in [0.15, 0.2) is 71.3 Å². The van der Waals surface area contributed by atoms with Crippen molar-refractivity contribution in [1.29, 1.82) is 0 Å². The van der Waals surface area contributed by atoms with E-state index in [9.17, 15) is 4.79 Å². The molecule has 6 heteroatoms. The smallest absolute Gasteiger partial charge is 0.287 e. The molecule has 0 bridgehead atoms. The van der Waals surface area contributed by atoms with Gasteiger partial charge in [0.05, 0.1) is 29.9 Å². The fourth-order valence-electron chi connectivity index (χ4n) is 3.52.